The highest BCUT2D eigenvalue weighted by Crippen LogP contribution is 2.42. The van der Waals surface area contributed by atoms with Gasteiger partial charge in [-0.05, 0) is 36.9 Å². The molecule has 29 heavy (non-hydrogen) atoms. The smallest absolute Gasteiger partial charge is 0.311 e. The first-order valence-corrected chi connectivity index (χ1v) is 10.2. The van der Waals surface area contributed by atoms with Crippen LogP contribution in [0.3, 0.4) is 0 Å². The van der Waals surface area contributed by atoms with E-state index in [9.17, 15) is 14.4 Å². The molecule has 150 valence electrons. The van der Waals surface area contributed by atoms with Crippen LogP contribution in [0.4, 0.5) is 5.69 Å². The predicted octanol–water partition coefficient (Wildman–Crippen LogP) is 2.83. The Balaban J connectivity index is 1.85. The van der Waals surface area contributed by atoms with Crippen molar-refractivity contribution in [3.8, 4) is 12.3 Å². The number of amides is 2. The summed E-state index contributed by atoms with van der Waals surface area (Å²) >= 11 is 1.49. The Morgan fingerprint density at radius 3 is 2.72 bits per heavy atom. The molecule has 2 heterocycles. The van der Waals surface area contributed by atoms with Gasteiger partial charge in [0.25, 0.3) is 5.91 Å². The second-order valence-electron chi connectivity index (χ2n) is 6.79. The molecule has 6 nitrogen and oxygen atoms in total. The molecule has 3 rings (SSSR count). The Labute approximate surface area is 173 Å². The Hall–Kier alpha value is -3.11. The van der Waals surface area contributed by atoms with Gasteiger partial charge in [0.2, 0.25) is 5.91 Å². The number of hydrogen-bond donors (Lipinski definition) is 1. The van der Waals surface area contributed by atoms with Crippen molar-refractivity contribution in [2.75, 3.05) is 18.1 Å². The predicted molar refractivity (Wildman–Crippen MR) is 111 cm³/mol. The molecular formula is C22H22N2O4S. The summed E-state index contributed by atoms with van der Waals surface area (Å²) in [5, 5.41) is 4.38. The molecule has 2 unspecified atom stereocenters. The highest BCUT2D eigenvalue weighted by Gasteiger charge is 2.42. The summed E-state index contributed by atoms with van der Waals surface area (Å²) in [6.45, 7) is 1.66. The Morgan fingerprint density at radius 1 is 1.31 bits per heavy atom. The SMILES string of the molecule is C#CCNC(=O)COC(=O)C1CCC(=O)N(c2ccc(C)cc2)C1c1cccs1. The molecule has 0 bridgehead atoms. The summed E-state index contributed by atoms with van der Waals surface area (Å²) in [4.78, 5) is 40.0. The molecule has 2 atom stereocenters. The second-order valence-corrected chi connectivity index (χ2v) is 7.77. The third-order valence-electron chi connectivity index (χ3n) is 4.78. The van der Waals surface area contributed by atoms with E-state index in [0.717, 1.165) is 16.1 Å². The largest absolute Gasteiger partial charge is 0.455 e. The molecule has 1 saturated heterocycles. The number of esters is 1. The zero-order valence-electron chi connectivity index (χ0n) is 16.1. The summed E-state index contributed by atoms with van der Waals surface area (Å²) in [7, 11) is 0. The van der Waals surface area contributed by atoms with E-state index in [0.29, 0.717) is 6.42 Å². The van der Waals surface area contributed by atoms with E-state index >= 15 is 0 Å². The fraction of sp³-hybridized carbons (Fsp3) is 0.318. The van der Waals surface area contributed by atoms with Gasteiger partial charge in [-0.15, -0.1) is 17.8 Å². The number of rotatable bonds is 6. The van der Waals surface area contributed by atoms with Gasteiger partial charge in [0, 0.05) is 17.0 Å². The third-order valence-corrected chi connectivity index (χ3v) is 5.72. The lowest BCUT2D eigenvalue weighted by atomic mass is 9.87. The van der Waals surface area contributed by atoms with Gasteiger partial charge >= 0.3 is 5.97 Å². The zero-order valence-corrected chi connectivity index (χ0v) is 16.9. The lowest BCUT2D eigenvalue weighted by Crippen LogP contribution is -2.46. The molecule has 7 heteroatoms. The van der Waals surface area contributed by atoms with E-state index in [-0.39, 0.29) is 18.9 Å². The molecule has 1 aromatic carbocycles. The molecule has 2 aromatic rings. The van der Waals surface area contributed by atoms with Gasteiger partial charge in [-0.1, -0.05) is 29.7 Å². The molecule has 0 saturated carbocycles. The first-order chi connectivity index (χ1) is 14.0. The Morgan fingerprint density at radius 2 is 2.07 bits per heavy atom. The van der Waals surface area contributed by atoms with Crippen LogP contribution < -0.4 is 10.2 Å². The van der Waals surface area contributed by atoms with Crippen LogP contribution in [0.1, 0.15) is 29.3 Å². The number of nitrogens with one attached hydrogen (secondary N) is 1. The van der Waals surface area contributed by atoms with Gasteiger partial charge in [0.1, 0.15) is 0 Å². The van der Waals surface area contributed by atoms with Gasteiger partial charge in [0.15, 0.2) is 6.61 Å². The topological polar surface area (TPSA) is 75.7 Å². The van der Waals surface area contributed by atoms with Gasteiger partial charge in [0.05, 0.1) is 18.5 Å². The van der Waals surface area contributed by atoms with Gasteiger partial charge in [-0.2, -0.15) is 0 Å². The first kappa shape index (κ1) is 20.6. The number of thiophene rings is 1. The summed E-state index contributed by atoms with van der Waals surface area (Å²) in [6, 6.07) is 11.0. The fourth-order valence-corrected chi connectivity index (χ4v) is 4.26. The van der Waals surface area contributed by atoms with Crippen LogP contribution in [0, 0.1) is 25.2 Å². The zero-order chi connectivity index (χ0) is 20.8. The quantitative estimate of drug-likeness (QED) is 0.587. The molecule has 1 aromatic heterocycles. The molecule has 1 aliphatic rings. The molecule has 0 spiro atoms. The molecule has 2 amide bonds. The van der Waals surface area contributed by atoms with Crippen molar-refractivity contribution in [1.29, 1.82) is 0 Å². The number of aryl methyl sites for hydroxylation is 1. The number of anilines is 1. The average molecular weight is 410 g/mol. The summed E-state index contributed by atoms with van der Waals surface area (Å²) in [5.41, 5.74) is 1.82. The van der Waals surface area contributed by atoms with Crippen LogP contribution in [0.25, 0.3) is 0 Å². The standard InChI is InChI=1S/C22H22N2O4S/c1-3-12-23-19(25)14-28-22(27)17-10-11-20(26)24(16-8-6-15(2)7-9-16)21(17)18-5-4-13-29-18/h1,4-9,13,17,21H,10-12,14H2,2H3,(H,23,25). The van der Waals surface area contributed by atoms with Crippen molar-refractivity contribution in [2.45, 2.75) is 25.8 Å². The number of nitrogens with zero attached hydrogens (tertiary/aromatic N) is 1. The van der Waals surface area contributed by atoms with Crippen LogP contribution in [-0.4, -0.2) is 30.9 Å². The summed E-state index contributed by atoms with van der Waals surface area (Å²) in [5.74, 6) is 0.743. The number of carbonyl (C=O) groups excluding carboxylic acids is 3. The van der Waals surface area contributed by atoms with Crippen molar-refractivity contribution in [1.82, 2.24) is 5.32 Å². The van der Waals surface area contributed by atoms with E-state index in [2.05, 4.69) is 11.2 Å². The summed E-state index contributed by atoms with van der Waals surface area (Å²) in [6.07, 6.45) is 5.71. The van der Waals surface area contributed by atoms with Crippen molar-refractivity contribution >= 4 is 34.8 Å². The van der Waals surface area contributed by atoms with E-state index in [1.165, 1.54) is 11.3 Å². The van der Waals surface area contributed by atoms with E-state index in [1.807, 2.05) is 48.7 Å². The number of benzene rings is 1. The van der Waals surface area contributed by atoms with Crippen molar-refractivity contribution < 1.29 is 19.1 Å². The van der Waals surface area contributed by atoms with E-state index in [4.69, 9.17) is 11.2 Å². The number of piperidine rings is 1. The number of ether oxygens (including phenoxy) is 1. The van der Waals surface area contributed by atoms with Crippen LogP contribution >= 0.6 is 11.3 Å². The summed E-state index contributed by atoms with van der Waals surface area (Å²) < 4.78 is 5.25. The van der Waals surface area contributed by atoms with Gasteiger partial charge in [-0.3, -0.25) is 14.4 Å². The maximum absolute atomic E-state index is 12.8. The Bertz CT molecular complexity index is 915. The van der Waals surface area contributed by atoms with Crippen molar-refractivity contribution in [3.05, 3.63) is 52.2 Å². The monoisotopic (exact) mass is 410 g/mol. The lowest BCUT2D eigenvalue weighted by Gasteiger charge is -2.39. The molecule has 0 radical (unpaired) electrons. The maximum atomic E-state index is 12.8. The molecule has 1 N–H and O–H groups in total. The van der Waals surface area contributed by atoms with Crippen molar-refractivity contribution in [3.63, 3.8) is 0 Å². The normalized spacial score (nSPS) is 18.8. The molecular weight excluding hydrogens is 388 g/mol. The van der Waals surface area contributed by atoms with Gasteiger partial charge < -0.3 is 15.0 Å². The number of hydrogen-bond acceptors (Lipinski definition) is 5. The van der Waals surface area contributed by atoms with Crippen LogP contribution in [0.15, 0.2) is 41.8 Å². The van der Waals surface area contributed by atoms with Crippen LogP contribution in [-0.2, 0) is 19.1 Å². The van der Waals surface area contributed by atoms with E-state index in [1.54, 1.807) is 4.90 Å². The van der Waals surface area contributed by atoms with E-state index < -0.39 is 30.4 Å². The van der Waals surface area contributed by atoms with Crippen molar-refractivity contribution in [2.24, 2.45) is 5.92 Å². The molecule has 0 aliphatic carbocycles. The first-order valence-electron chi connectivity index (χ1n) is 9.30. The maximum Gasteiger partial charge on any atom is 0.311 e. The highest BCUT2D eigenvalue weighted by atomic mass is 32.1. The minimum Gasteiger partial charge on any atom is -0.455 e. The third kappa shape index (κ3) is 4.84. The minimum absolute atomic E-state index is 0.0388. The Kier molecular flexibility index (Phi) is 6.68. The number of carbonyl (C=O) groups is 3. The van der Waals surface area contributed by atoms with Crippen LogP contribution in [0.5, 0.6) is 0 Å². The molecule has 1 aliphatic heterocycles. The van der Waals surface area contributed by atoms with Gasteiger partial charge in [-0.25, -0.2) is 0 Å². The lowest BCUT2D eigenvalue weighted by molar-refractivity contribution is -0.154. The minimum atomic E-state index is -0.562. The average Bonchev–Trinajstić information content (AvgIpc) is 3.25. The fourth-order valence-electron chi connectivity index (χ4n) is 3.38. The second kappa shape index (κ2) is 9.39. The van der Waals surface area contributed by atoms with Crippen LogP contribution in [0.2, 0.25) is 0 Å². The molecule has 1 fully saturated rings. The highest BCUT2D eigenvalue weighted by molar-refractivity contribution is 7.10. The number of terminal acetylenes is 1.